The summed E-state index contributed by atoms with van der Waals surface area (Å²) in [6.07, 6.45) is -2.87. The highest BCUT2D eigenvalue weighted by molar-refractivity contribution is 5.78. The number of alkyl halides is 5. The molecule has 3 aromatic rings. The molecule has 0 aliphatic carbocycles. The second kappa shape index (κ2) is 6.86. The number of nitriles is 1. The first-order chi connectivity index (χ1) is 13.8. The molecule has 1 N–H and O–H groups in total. The number of halogens is 6. The lowest BCUT2D eigenvalue weighted by atomic mass is 9.87. The molecule has 0 saturated heterocycles. The maximum absolute atomic E-state index is 14.6. The van der Waals surface area contributed by atoms with Crippen LogP contribution in [0.5, 0.6) is 0 Å². The number of imidazole rings is 1. The maximum Gasteiger partial charge on any atom is 0.455 e. The van der Waals surface area contributed by atoms with Crippen LogP contribution in [0.15, 0.2) is 30.9 Å². The summed E-state index contributed by atoms with van der Waals surface area (Å²) in [4.78, 5) is 7.63. The van der Waals surface area contributed by atoms with Crippen molar-refractivity contribution in [2.45, 2.75) is 37.9 Å². The summed E-state index contributed by atoms with van der Waals surface area (Å²) in [5.41, 5.74) is -1.60. The zero-order valence-electron chi connectivity index (χ0n) is 15.5. The van der Waals surface area contributed by atoms with Gasteiger partial charge in [-0.05, 0) is 26.0 Å². The lowest BCUT2D eigenvalue weighted by Crippen LogP contribution is -2.40. The van der Waals surface area contributed by atoms with Crippen molar-refractivity contribution < 1.29 is 36.3 Å². The molecule has 6 nitrogen and oxygen atoms in total. The van der Waals surface area contributed by atoms with Crippen LogP contribution in [0.3, 0.4) is 0 Å². The second-order valence-electron chi connectivity index (χ2n) is 7.14. The first kappa shape index (κ1) is 21.4. The largest absolute Gasteiger partial charge is 0.455 e. The van der Waals surface area contributed by atoms with Gasteiger partial charge in [-0.15, -0.1) is 0 Å². The zero-order valence-corrected chi connectivity index (χ0v) is 15.5. The summed E-state index contributed by atoms with van der Waals surface area (Å²) >= 11 is 0. The Bertz CT molecular complexity index is 1140. The summed E-state index contributed by atoms with van der Waals surface area (Å²) in [5, 5.41) is 19.3. The van der Waals surface area contributed by atoms with Gasteiger partial charge in [-0.2, -0.15) is 31.6 Å². The van der Waals surface area contributed by atoms with E-state index >= 15 is 0 Å². The first-order valence-electron chi connectivity index (χ1n) is 8.39. The molecule has 0 atom stereocenters. The molecule has 0 fully saturated rings. The van der Waals surface area contributed by atoms with Crippen molar-refractivity contribution >= 4 is 11.0 Å². The van der Waals surface area contributed by atoms with Crippen molar-refractivity contribution in [2.75, 3.05) is 0 Å². The van der Waals surface area contributed by atoms with E-state index in [1.807, 2.05) is 6.07 Å². The number of rotatable bonds is 4. The Labute approximate surface area is 165 Å². The van der Waals surface area contributed by atoms with Crippen molar-refractivity contribution in [1.29, 1.82) is 5.26 Å². The molecule has 12 heteroatoms. The topological polar surface area (TPSA) is 78.6 Å². The van der Waals surface area contributed by atoms with Crippen LogP contribution in [0.25, 0.3) is 22.4 Å². The van der Waals surface area contributed by atoms with Crippen molar-refractivity contribution in [3.8, 4) is 17.5 Å². The summed E-state index contributed by atoms with van der Waals surface area (Å²) in [7, 11) is 0. The molecule has 0 saturated carbocycles. The minimum absolute atomic E-state index is 0.0289. The van der Waals surface area contributed by atoms with Crippen LogP contribution in [-0.4, -0.2) is 31.8 Å². The summed E-state index contributed by atoms with van der Waals surface area (Å²) in [6, 6.07) is 4.14. The molecule has 3 heterocycles. The van der Waals surface area contributed by atoms with Gasteiger partial charge in [-0.3, -0.25) is 5.21 Å². The number of hydrogen-bond donors (Lipinski definition) is 1. The SMILES string of the molecule is CC(C)(C#N)c1cc(F)c(-c2cc3ncn(CC(F)(F)C(F)(F)F)c3cn2)[n+](O)c1. The highest BCUT2D eigenvalue weighted by Crippen LogP contribution is 2.37. The smallest absolute Gasteiger partial charge is 0.323 e. The molecular weight excluding hydrogens is 416 g/mol. The van der Waals surface area contributed by atoms with Crippen molar-refractivity contribution in [3.63, 3.8) is 0 Å². The average Bonchev–Trinajstić information content (AvgIpc) is 3.01. The molecule has 0 unspecified atom stereocenters. The van der Waals surface area contributed by atoms with Crippen LogP contribution in [0, 0.1) is 17.1 Å². The van der Waals surface area contributed by atoms with Crippen LogP contribution in [0.1, 0.15) is 19.4 Å². The van der Waals surface area contributed by atoms with Crippen LogP contribution in [-0.2, 0) is 12.0 Å². The molecule has 0 amide bonds. The quantitative estimate of drug-likeness (QED) is 0.389. The van der Waals surface area contributed by atoms with E-state index in [0.29, 0.717) is 9.30 Å². The highest BCUT2D eigenvalue weighted by atomic mass is 19.4. The molecule has 3 rings (SSSR count). The lowest BCUT2D eigenvalue weighted by molar-refractivity contribution is -0.897. The second-order valence-corrected chi connectivity index (χ2v) is 7.14. The van der Waals surface area contributed by atoms with Gasteiger partial charge in [-0.25, -0.2) is 9.97 Å². The first-order valence-corrected chi connectivity index (χ1v) is 8.39. The zero-order chi connectivity index (χ0) is 22.5. The molecule has 30 heavy (non-hydrogen) atoms. The van der Waals surface area contributed by atoms with E-state index in [0.717, 1.165) is 30.9 Å². The molecule has 0 aliphatic heterocycles. The number of pyridine rings is 2. The third-order valence-electron chi connectivity index (χ3n) is 4.53. The number of aromatic nitrogens is 4. The summed E-state index contributed by atoms with van der Waals surface area (Å²) in [5.74, 6) is -5.91. The number of nitrogens with zero attached hydrogens (tertiary/aromatic N) is 5. The van der Waals surface area contributed by atoms with Crippen molar-refractivity contribution in [1.82, 2.24) is 14.5 Å². The van der Waals surface area contributed by atoms with E-state index < -0.39 is 35.6 Å². The van der Waals surface area contributed by atoms with E-state index in [1.54, 1.807) is 0 Å². The maximum atomic E-state index is 14.6. The van der Waals surface area contributed by atoms with Gasteiger partial charge >= 0.3 is 17.8 Å². The van der Waals surface area contributed by atoms with Gasteiger partial charge in [-0.1, -0.05) is 0 Å². The third kappa shape index (κ3) is 3.62. The van der Waals surface area contributed by atoms with E-state index in [1.165, 1.54) is 13.8 Å². The molecular formula is C18H14F6N5O+. The Hall–Kier alpha value is -3.36. The monoisotopic (exact) mass is 430 g/mol. The molecule has 0 bridgehead atoms. The molecule has 0 spiro atoms. The molecule has 0 aliphatic rings. The Morgan fingerprint density at radius 3 is 2.40 bits per heavy atom. The number of hydrogen-bond acceptors (Lipinski definition) is 4. The van der Waals surface area contributed by atoms with E-state index in [2.05, 4.69) is 9.97 Å². The van der Waals surface area contributed by atoms with Gasteiger partial charge in [0.05, 0.1) is 41.6 Å². The van der Waals surface area contributed by atoms with Crippen LogP contribution >= 0.6 is 0 Å². The highest BCUT2D eigenvalue weighted by Gasteiger charge is 2.57. The minimum Gasteiger partial charge on any atom is -0.323 e. The lowest BCUT2D eigenvalue weighted by Gasteiger charge is -2.20. The third-order valence-corrected chi connectivity index (χ3v) is 4.53. The molecule has 3 aromatic heterocycles. The van der Waals surface area contributed by atoms with E-state index in [9.17, 15) is 31.5 Å². The van der Waals surface area contributed by atoms with E-state index in [-0.39, 0.29) is 22.3 Å². The fraction of sp³-hybridized carbons (Fsp3) is 0.333. The van der Waals surface area contributed by atoms with E-state index in [4.69, 9.17) is 5.26 Å². The van der Waals surface area contributed by atoms with Gasteiger partial charge < -0.3 is 4.57 Å². The summed E-state index contributed by atoms with van der Waals surface area (Å²) < 4.78 is 79.7. The Kier molecular flexibility index (Phi) is 4.88. The number of fused-ring (bicyclic) bond motifs is 1. The minimum atomic E-state index is -5.73. The Morgan fingerprint density at radius 1 is 1.17 bits per heavy atom. The van der Waals surface area contributed by atoms with Gasteiger partial charge in [0.15, 0.2) is 0 Å². The Morgan fingerprint density at radius 2 is 1.83 bits per heavy atom. The van der Waals surface area contributed by atoms with Crippen molar-refractivity contribution in [3.05, 3.63) is 42.2 Å². The normalized spacial score (nSPS) is 12.9. The Balaban J connectivity index is 2.03. The van der Waals surface area contributed by atoms with Gasteiger partial charge in [0.1, 0.15) is 5.69 Å². The van der Waals surface area contributed by atoms with Crippen LogP contribution < -0.4 is 4.73 Å². The fourth-order valence-electron chi connectivity index (χ4n) is 2.71. The molecule has 158 valence electrons. The van der Waals surface area contributed by atoms with Crippen LogP contribution in [0.4, 0.5) is 26.3 Å². The predicted octanol–water partition coefficient (Wildman–Crippen LogP) is 3.76. The standard InChI is InChI=1S/C18H14F6N5O/c1-16(2,7-25)10-3-11(19)15(29(30)6-10)13-4-12-14(5-26-13)28(9-27-12)8-17(20,21)18(22,23)24/h3-6,9,30H,8H2,1-2H3/q+1. The van der Waals surface area contributed by atoms with Crippen LogP contribution in [0.2, 0.25) is 0 Å². The van der Waals surface area contributed by atoms with Gasteiger partial charge in [0.2, 0.25) is 12.0 Å². The predicted molar refractivity (Wildman–Crippen MR) is 89.9 cm³/mol. The van der Waals surface area contributed by atoms with Gasteiger partial charge in [0, 0.05) is 10.3 Å². The summed E-state index contributed by atoms with van der Waals surface area (Å²) in [6.45, 7) is 1.35. The molecule has 0 aromatic carbocycles. The molecule has 0 radical (unpaired) electrons. The average molecular weight is 430 g/mol. The fourth-order valence-corrected chi connectivity index (χ4v) is 2.71. The van der Waals surface area contributed by atoms with Crippen molar-refractivity contribution in [2.24, 2.45) is 0 Å². The van der Waals surface area contributed by atoms with Gasteiger partial charge in [0.25, 0.3) is 0 Å².